The van der Waals surface area contributed by atoms with Crippen LogP contribution in [0.5, 0.6) is 0 Å². The van der Waals surface area contributed by atoms with Crippen molar-refractivity contribution in [3.8, 4) is 0 Å². The zero-order valence-electron chi connectivity index (χ0n) is 11.7. The van der Waals surface area contributed by atoms with Crippen molar-refractivity contribution in [2.24, 2.45) is 0 Å². The van der Waals surface area contributed by atoms with Crippen LogP contribution in [0.15, 0.2) is 17.5 Å². The number of thiophene rings is 1. The molecule has 0 fully saturated rings. The van der Waals surface area contributed by atoms with Gasteiger partial charge >= 0.3 is 0 Å². The Labute approximate surface area is 128 Å². The molecule has 0 saturated heterocycles. The van der Waals surface area contributed by atoms with Crippen molar-refractivity contribution in [2.75, 3.05) is 5.32 Å². The predicted molar refractivity (Wildman–Crippen MR) is 84.8 cm³/mol. The first-order chi connectivity index (χ1) is 9.63. The highest BCUT2D eigenvalue weighted by atomic mass is 35.5. The summed E-state index contributed by atoms with van der Waals surface area (Å²) in [5, 5.41) is 6.22. The van der Waals surface area contributed by atoms with Gasteiger partial charge in [0.1, 0.15) is 16.8 Å². The summed E-state index contributed by atoms with van der Waals surface area (Å²) in [4.78, 5) is 10.4. The number of hydrogen-bond donors (Lipinski definition) is 1. The second-order valence-electron chi connectivity index (χ2n) is 5.48. The van der Waals surface area contributed by atoms with E-state index in [0.717, 1.165) is 18.1 Å². The summed E-state index contributed by atoms with van der Waals surface area (Å²) in [5.41, 5.74) is 1.42. The molecule has 5 heteroatoms. The molecule has 2 heterocycles. The Morgan fingerprint density at radius 3 is 3.05 bits per heavy atom. The molecule has 0 aromatic carbocycles. The topological polar surface area (TPSA) is 37.8 Å². The normalized spacial score (nSPS) is 18.1. The molecule has 0 amide bonds. The lowest BCUT2D eigenvalue weighted by atomic mass is 9.94. The molecular formula is C15H18ClN3S. The van der Waals surface area contributed by atoms with Crippen LogP contribution < -0.4 is 5.32 Å². The van der Waals surface area contributed by atoms with E-state index in [9.17, 15) is 0 Å². The minimum absolute atomic E-state index is 0.275. The number of nitrogens with zero attached hydrogens (tertiary/aromatic N) is 2. The molecule has 1 unspecified atom stereocenters. The van der Waals surface area contributed by atoms with Crippen molar-refractivity contribution in [1.29, 1.82) is 0 Å². The van der Waals surface area contributed by atoms with Crippen molar-refractivity contribution in [3.63, 3.8) is 0 Å². The van der Waals surface area contributed by atoms with Crippen molar-refractivity contribution in [1.82, 2.24) is 9.97 Å². The van der Waals surface area contributed by atoms with Gasteiger partial charge in [0.2, 0.25) is 0 Å². The van der Waals surface area contributed by atoms with Crippen LogP contribution in [0.2, 0.25) is 5.15 Å². The van der Waals surface area contributed by atoms with Gasteiger partial charge in [0.05, 0.1) is 6.04 Å². The van der Waals surface area contributed by atoms with Gasteiger partial charge in [-0.15, -0.1) is 11.3 Å². The Morgan fingerprint density at radius 1 is 1.40 bits per heavy atom. The smallest absolute Gasteiger partial charge is 0.135 e. The van der Waals surface area contributed by atoms with E-state index < -0.39 is 0 Å². The van der Waals surface area contributed by atoms with Gasteiger partial charge in [0.15, 0.2) is 0 Å². The SMILES string of the molecule is CC(C)c1nc(Cl)cc(NC2CCCc3sccc32)n1. The maximum absolute atomic E-state index is 6.10. The zero-order valence-corrected chi connectivity index (χ0v) is 13.3. The fourth-order valence-electron chi connectivity index (χ4n) is 2.58. The highest BCUT2D eigenvalue weighted by Crippen LogP contribution is 2.35. The first kappa shape index (κ1) is 13.8. The van der Waals surface area contributed by atoms with E-state index in [0.29, 0.717) is 11.2 Å². The summed E-state index contributed by atoms with van der Waals surface area (Å²) in [5.74, 6) is 1.90. The molecule has 0 bridgehead atoms. The fourth-order valence-corrected chi connectivity index (χ4v) is 3.76. The third-order valence-corrected chi connectivity index (χ3v) is 4.79. The fraction of sp³-hybridized carbons (Fsp3) is 0.467. The van der Waals surface area contributed by atoms with Crippen LogP contribution in [0.4, 0.5) is 5.82 Å². The van der Waals surface area contributed by atoms with Crippen molar-refractivity contribution < 1.29 is 0 Å². The Bertz CT molecular complexity index is 609. The maximum atomic E-state index is 6.10. The molecule has 0 spiro atoms. The largest absolute Gasteiger partial charge is 0.363 e. The third-order valence-electron chi connectivity index (χ3n) is 3.60. The molecule has 0 aliphatic heterocycles. The highest BCUT2D eigenvalue weighted by Gasteiger charge is 2.21. The molecule has 0 radical (unpaired) electrons. The van der Waals surface area contributed by atoms with Crippen LogP contribution in [0.3, 0.4) is 0 Å². The summed E-state index contributed by atoms with van der Waals surface area (Å²) in [6, 6.07) is 4.38. The van der Waals surface area contributed by atoms with Crippen molar-refractivity contribution >= 4 is 28.8 Å². The van der Waals surface area contributed by atoms with E-state index in [-0.39, 0.29) is 5.92 Å². The van der Waals surface area contributed by atoms with Gasteiger partial charge in [-0.25, -0.2) is 9.97 Å². The second kappa shape index (κ2) is 5.70. The van der Waals surface area contributed by atoms with Crippen LogP contribution in [0.1, 0.15) is 54.9 Å². The van der Waals surface area contributed by atoms with Crippen molar-refractivity contribution in [3.05, 3.63) is 38.9 Å². The van der Waals surface area contributed by atoms with E-state index in [4.69, 9.17) is 11.6 Å². The molecule has 1 aliphatic carbocycles. The van der Waals surface area contributed by atoms with Gasteiger partial charge in [0.25, 0.3) is 0 Å². The zero-order chi connectivity index (χ0) is 14.1. The number of halogens is 1. The number of hydrogen-bond acceptors (Lipinski definition) is 4. The van der Waals surface area contributed by atoms with Gasteiger partial charge in [-0.3, -0.25) is 0 Å². The molecule has 106 valence electrons. The summed E-state index contributed by atoms with van der Waals surface area (Å²) in [7, 11) is 0. The molecule has 1 N–H and O–H groups in total. The van der Waals surface area contributed by atoms with Crippen LogP contribution in [0, 0.1) is 0 Å². The average molecular weight is 308 g/mol. The molecule has 0 saturated carbocycles. The first-order valence-corrected chi connectivity index (χ1v) is 8.26. The Morgan fingerprint density at radius 2 is 2.25 bits per heavy atom. The van der Waals surface area contributed by atoms with Gasteiger partial charge in [-0.2, -0.15) is 0 Å². The number of anilines is 1. The van der Waals surface area contributed by atoms with Gasteiger partial charge < -0.3 is 5.32 Å². The van der Waals surface area contributed by atoms with Crippen LogP contribution in [0.25, 0.3) is 0 Å². The van der Waals surface area contributed by atoms with Gasteiger partial charge in [-0.1, -0.05) is 25.4 Å². The summed E-state index contributed by atoms with van der Waals surface area (Å²) in [6.45, 7) is 4.15. The number of fused-ring (bicyclic) bond motifs is 1. The molecule has 3 rings (SSSR count). The van der Waals surface area contributed by atoms with E-state index in [1.807, 2.05) is 17.4 Å². The second-order valence-corrected chi connectivity index (χ2v) is 6.86. The lowest BCUT2D eigenvalue weighted by molar-refractivity contribution is 0.605. The first-order valence-electron chi connectivity index (χ1n) is 7.01. The van der Waals surface area contributed by atoms with Gasteiger partial charge in [-0.05, 0) is 36.3 Å². The quantitative estimate of drug-likeness (QED) is 0.827. The minimum Gasteiger partial charge on any atom is -0.363 e. The number of nitrogens with one attached hydrogen (secondary N) is 1. The molecule has 2 aromatic heterocycles. The standard InChI is InChI=1S/C15H18ClN3S/c1-9(2)15-18-13(16)8-14(19-15)17-11-4-3-5-12-10(11)6-7-20-12/h6-9,11H,3-5H2,1-2H3,(H,17,18,19). The molecule has 20 heavy (non-hydrogen) atoms. The lowest BCUT2D eigenvalue weighted by Crippen LogP contribution is -2.17. The highest BCUT2D eigenvalue weighted by molar-refractivity contribution is 7.10. The summed E-state index contributed by atoms with van der Waals surface area (Å²) in [6.07, 6.45) is 3.57. The Balaban J connectivity index is 1.86. The summed E-state index contributed by atoms with van der Waals surface area (Å²) >= 11 is 7.95. The molecule has 1 aliphatic rings. The van der Waals surface area contributed by atoms with Crippen LogP contribution in [-0.2, 0) is 6.42 Å². The van der Waals surface area contributed by atoms with E-state index in [1.54, 1.807) is 0 Å². The average Bonchev–Trinajstić information content (AvgIpc) is 2.87. The Hall–Kier alpha value is -1.13. The molecule has 2 aromatic rings. The van der Waals surface area contributed by atoms with Gasteiger partial charge in [0, 0.05) is 16.9 Å². The lowest BCUT2D eigenvalue weighted by Gasteiger charge is -2.24. The predicted octanol–water partition coefficient (Wildman–Crippen LogP) is 4.80. The number of aryl methyl sites for hydroxylation is 1. The maximum Gasteiger partial charge on any atom is 0.135 e. The number of rotatable bonds is 3. The van der Waals surface area contributed by atoms with E-state index in [2.05, 4.69) is 40.6 Å². The van der Waals surface area contributed by atoms with Crippen LogP contribution in [-0.4, -0.2) is 9.97 Å². The minimum atomic E-state index is 0.275. The monoisotopic (exact) mass is 307 g/mol. The van der Waals surface area contributed by atoms with E-state index in [1.165, 1.54) is 23.3 Å². The third kappa shape index (κ3) is 2.81. The van der Waals surface area contributed by atoms with Crippen molar-refractivity contribution in [2.45, 2.75) is 45.1 Å². The number of aromatic nitrogens is 2. The molecule has 1 atom stereocenters. The summed E-state index contributed by atoms with van der Waals surface area (Å²) < 4.78 is 0. The molecule has 3 nitrogen and oxygen atoms in total. The molecular weight excluding hydrogens is 290 g/mol. The van der Waals surface area contributed by atoms with Crippen LogP contribution >= 0.6 is 22.9 Å². The van der Waals surface area contributed by atoms with E-state index >= 15 is 0 Å². The Kier molecular flexibility index (Phi) is 3.94.